The van der Waals surface area contributed by atoms with E-state index in [0.29, 0.717) is 11.4 Å². The molecule has 0 bridgehead atoms. The van der Waals surface area contributed by atoms with E-state index in [0.717, 1.165) is 10.2 Å². The van der Waals surface area contributed by atoms with Crippen LogP contribution in [0, 0.1) is 0 Å². The van der Waals surface area contributed by atoms with Crippen molar-refractivity contribution in [2.24, 2.45) is 0 Å². The van der Waals surface area contributed by atoms with Gasteiger partial charge in [0.05, 0.1) is 5.02 Å². The molecule has 0 amide bonds. The first kappa shape index (κ1) is 13.3. The van der Waals surface area contributed by atoms with Crippen molar-refractivity contribution in [1.29, 1.82) is 0 Å². The minimum Gasteiger partial charge on any atom is -0.480 e. The number of carboxylic acids is 1. The average Bonchev–Trinajstić information content (AvgIpc) is 2.23. The van der Waals surface area contributed by atoms with Gasteiger partial charge < -0.3 is 10.4 Å². The predicted molar refractivity (Wildman–Crippen MR) is 69.1 cm³/mol. The summed E-state index contributed by atoms with van der Waals surface area (Å²) >= 11 is 9.15. The van der Waals surface area contributed by atoms with Crippen LogP contribution in [0.1, 0.15) is 20.3 Å². The van der Waals surface area contributed by atoms with Crippen molar-refractivity contribution < 1.29 is 9.90 Å². The van der Waals surface area contributed by atoms with E-state index >= 15 is 0 Å². The summed E-state index contributed by atoms with van der Waals surface area (Å²) in [5.41, 5.74) is -0.240. The third-order valence-corrected chi connectivity index (χ3v) is 3.73. The average molecular weight is 307 g/mol. The van der Waals surface area contributed by atoms with E-state index in [9.17, 15) is 4.79 Å². The fourth-order valence-corrected chi connectivity index (χ4v) is 1.68. The Morgan fingerprint density at radius 3 is 2.69 bits per heavy atom. The van der Waals surface area contributed by atoms with Crippen molar-refractivity contribution >= 4 is 39.2 Å². The quantitative estimate of drug-likeness (QED) is 0.890. The Labute approximate surface area is 108 Å². The topological polar surface area (TPSA) is 49.3 Å². The molecule has 3 nitrogen and oxygen atoms in total. The van der Waals surface area contributed by atoms with Gasteiger partial charge in [-0.1, -0.05) is 18.5 Å². The van der Waals surface area contributed by atoms with Gasteiger partial charge in [-0.3, -0.25) is 0 Å². The summed E-state index contributed by atoms with van der Waals surface area (Å²) < 4.78 is 0.739. The number of carboxylic acid groups (broad SMARTS) is 1. The normalized spacial score (nSPS) is 14.2. The molecular formula is C11H13BrClNO2. The van der Waals surface area contributed by atoms with Crippen LogP contribution in [0.3, 0.4) is 0 Å². The number of halogens is 2. The summed E-state index contributed by atoms with van der Waals surface area (Å²) in [7, 11) is 0. The highest BCUT2D eigenvalue weighted by molar-refractivity contribution is 9.10. The zero-order valence-corrected chi connectivity index (χ0v) is 11.4. The summed E-state index contributed by atoms with van der Waals surface area (Å²) in [6.45, 7) is 3.48. The number of anilines is 1. The van der Waals surface area contributed by atoms with Gasteiger partial charge >= 0.3 is 5.97 Å². The van der Waals surface area contributed by atoms with Crippen molar-refractivity contribution in [3.63, 3.8) is 0 Å². The van der Waals surface area contributed by atoms with Gasteiger partial charge in [-0.15, -0.1) is 0 Å². The van der Waals surface area contributed by atoms with E-state index in [1.54, 1.807) is 25.1 Å². The summed E-state index contributed by atoms with van der Waals surface area (Å²) in [6.07, 6.45) is 0.489. The van der Waals surface area contributed by atoms with Crippen LogP contribution in [0.5, 0.6) is 0 Å². The minimum absolute atomic E-state index is 0.489. The Morgan fingerprint density at radius 2 is 2.25 bits per heavy atom. The van der Waals surface area contributed by atoms with Crippen LogP contribution in [-0.2, 0) is 4.79 Å². The number of hydrogen-bond donors (Lipinski definition) is 2. The molecule has 1 rings (SSSR count). The Hall–Kier alpha value is -0.740. The van der Waals surface area contributed by atoms with Gasteiger partial charge in [-0.2, -0.15) is 0 Å². The molecule has 0 spiro atoms. The van der Waals surface area contributed by atoms with Crippen molar-refractivity contribution in [2.75, 3.05) is 5.32 Å². The van der Waals surface area contributed by atoms with E-state index < -0.39 is 11.5 Å². The number of hydrogen-bond acceptors (Lipinski definition) is 2. The van der Waals surface area contributed by atoms with E-state index in [2.05, 4.69) is 21.2 Å². The molecule has 0 aliphatic carbocycles. The van der Waals surface area contributed by atoms with E-state index in [-0.39, 0.29) is 0 Å². The molecule has 5 heteroatoms. The van der Waals surface area contributed by atoms with Gasteiger partial charge in [0.1, 0.15) is 5.54 Å². The van der Waals surface area contributed by atoms with Crippen LogP contribution in [0.2, 0.25) is 5.02 Å². The van der Waals surface area contributed by atoms with Crippen molar-refractivity contribution in [1.82, 2.24) is 0 Å². The maximum absolute atomic E-state index is 11.1. The Bertz CT molecular complexity index is 411. The fraction of sp³-hybridized carbons (Fsp3) is 0.364. The first-order chi connectivity index (χ1) is 7.39. The summed E-state index contributed by atoms with van der Waals surface area (Å²) in [5, 5.41) is 12.7. The Balaban J connectivity index is 2.95. The molecule has 0 aromatic heterocycles. The molecule has 0 radical (unpaired) electrons. The lowest BCUT2D eigenvalue weighted by atomic mass is 9.99. The molecular weight excluding hydrogens is 293 g/mol. The second-order valence-electron chi connectivity index (χ2n) is 3.74. The molecule has 0 aliphatic heterocycles. The highest BCUT2D eigenvalue weighted by Gasteiger charge is 2.30. The van der Waals surface area contributed by atoms with Crippen molar-refractivity contribution in [3.8, 4) is 0 Å². The fourth-order valence-electron chi connectivity index (χ4n) is 1.19. The van der Waals surface area contributed by atoms with Crippen molar-refractivity contribution in [2.45, 2.75) is 25.8 Å². The van der Waals surface area contributed by atoms with Gasteiger partial charge in [0.15, 0.2) is 0 Å². The smallest absolute Gasteiger partial charge is 0.329 e. The highest BCUT2D eigenvalue weighted by atomic mass is 79.9. The molecule has 0 fully saturated rings. The monoisotopic (exact) mass is 305 g/mol. The first-order valence-electron chi connectivity index (χ1n) is 4.85. The molecule has 88 valence electrons. The second-order valence-corrected chi connectivity index (χ2v) is 5.01. The van der Waals surface area contributed by atoms with E-state index in [1.165, 1.54) is 0 Å². The number of rotatable bonds is 4. The van der Waals surface area contributed by atoms with Crippen LogP contribution in [-0.4, -0.2) is 16.6 Å². The molecule has 0 heterocycles. The molecule has 0 saturated carbocycles. The summed E-state index contributed by atoms with van der Waals surface area (Å²) in [6, 6.07) is 5.23. The summed E-state index contributed by atoms with van der Waals surface area (Å²) in [4.78, 5) is 11.1. The van der Waals surface area contributed by atoms with Gasteiger partial charge in [-0.25, -0.2) is 4.79 Å². The molecule has 16 heavy (non-hydrogen) atoms. The molecule has 2 N–H and O–H groups in total. The van der Waals surface area contributed by atoms with Crippen LogP contribution in [0.15, 0.2) is 22.7 Å². The molecule has 1 aromatic rings. The third-order valence-electron chi connectivity index (χ3n) is 2.52. The Kier molecular flexibility index (Phi) is 4.21. The summed E-state index contributed by atoms with van der Waals surface area (Å²) in [5.74, 6) is -0.874. The van der Waals surface area contributed by atoms with Crippen LogP contribution in [0.4, 0.5) is 5.69 Å². The second kappa shape index (κ2) is 5.06. The number of benzene rings is 1. The van der Waals surface area contributed by atoms with Crippen LogP contribution < -0.4 is 5.32 Å². The van der Waals surface area contributed by atoms with Crippen LogP contribution in [0.25, 0.3) is 0 Å². The molecule has 1 unspecified atom stereocenters. The molecule has 1 aromatic carbocycles. The van der Waals surface area contributed by atoms with Gasteiger partial charge in [0.2, 0.25) is 0 Å². The number of carbonyl (C=O) groups is 1. The van der Waals surface area contributed by atoms with Gasteiger partial charge in [-0.05, 0) is 47.5 Å². The van der Waals surface area contributed by atoms with E-state index in [4.69, 9.17) is 16.7 Å². The van der Waals surface area contributed by atoms with E-state index in [1.807, 2.05) is 6.92 Å². The van der Waals surface area contributed by atoms with Gasteiger partial charge in [0.25, 0.3) is 0 Å². The maximum atomic E-state index is 11.1. The molecule has 0 aliphatic rings. The number of nitrogens with one attached hydrogen (secondary N) is 1. The minimum atomic E-state index is -0.965. The first-order valence-corrected chi connectivity index (χ1v) is 6.03. The lowest BCUT2D eigenvalue weighted by Gasteiger charge is -2.26. The standard InChI is InChI=1S/C11H13BrClNO2/c1-3-11(2,10(15)16)14-7-4-5-9(13)8(12)6-7/h4-6,14H,3H2,1-2H3,(H,15,16). The third kappa shape index (κ3) is 2.89. The molecule has 1 atom stereocenters. The predicted octanol–water partition coefficient (Wildman–Crippen LogP) is 3.77. The zero-order chi connectivity index (χ0) is 12.3. The SMILES string of the molecule is CCC(C)(Nc1ccc(Cl)c(Br)c1)C(=O)O. The highest BCUT2D eigenvalue weighted by Crippen LogP contribution is 2.27. The van der Waals surface area contributed by atoms with Crippen molar-refractivity contribution in [3.05, 3.63) is 27.7 Å². The van der Waals surface area contributed by atoms with Crippen LogP contribution >= 0.6 is 27.5 Å². The zero-order valence-electron chi connectivity index (χ0n) is 9.05. The molecule has 0 saturated heterocycles. The maximum Gasteiger partial charge on any atom is 0.329 e. The largest absolute Gasteiger partial charge is 0.480 e. The lowest BCUT2D eigenvalue weighted by molar-refractivity contribution is -0.141. The Morgan fingerprint density at radius 1 is 1.62 bits per heavy atom. The number of aliphatic carboxylic acids is 1. The lowest BCUT2D eigenvalue weighted by Crippen LogP contribution is -2.42. The van der Waals surface area contributed by atoms with Gasteiger partial charge in [0, 0.05) is 10.2 Å².